The summed E-state index contributed by atoms with van der Waals surface area (Å²) in [6.07, 6.45) is 1.55. The second kappa shape index (κ2) is 5.23. The van der Waals surface area contributed by atoms with Crippen LogP contribution in [0.15, 0.2) is 23.0 Å². The average Bonchev–Trinajstić information content (AvgIpc) is 2.85. The van der Waals surface area contributed by atoms with Gasteiger partial charge >= 0.3 is 0 Å². The molecule has 5 nitrogen and oxygen atoms in total. The molecule has 0 aliphatic heterocycles. The van der Waals surface area contributed by atoms with Crippen molar-refractivity contribution in [1.29, 1.82) is 5.26 Å². The lowest BCUT2D eigenvalue weighted by Crippen LogP contribution is -2.09. The van der Waals surface area contributed by atoms with Crippen LogP contribution in [0.25, 0.3) is 0 Å². The van der Waals surface area contributed by atoms with Gasteiger partial charge in [0.25, 0.3) is 0 Å². The summed E-state index contributed by atoms with van der Waals surface area (Å²) in [6, 6.07) is 3.62. The Hall–Kier alpha value is -2.49. The smallest absolute Gasteiger partial charge is 0.213 e. The fourth-order valence-electron chi connectivity index (χ4n) is 1.41. The Morgan fingerprint density at radius 2 is 2.06 bits per heavy atom. The Kier molecular flexibility index (Phi) is 3.48. The summed E-state index contributed by atoms with van der Waals surface area (Å²) < 4.78 is 31.4. The van der Waals surface area contributed by atoms with Crippen molar-refractivity contribution in [2.45, 2.75) is 6.42 Å². The van der Waals surface area contributed by atoms with E-state index in [4.69, 9.17) is 5.26 Å². The molecule has 2 aromatic rings. The minimum atomic E-state index is -0.806. The van der Waals surface area contributed by atoms with Crippen molar-refractivity contribution in [3.05, 3.63) is 41.5 Å². The molecule has 18 heavy (non-hydrogen) atoms. The maximum absolute atomic E-state index is 13.5. The van der Waals surface area contributed by atoms with E-state index < -0.39 is 11.6 Å². The van der Waals surface area contributed by atoms with Gasteiger partial charge in [0, 0.05) is 13.0 Å². The Bertz CT molecular complexity index is 554. The van der Waals surface area contributed by atoms with Crippen molar-refractivity contribution in [2.75, 3.05) is 11.9 Å². The molecule has 0 aliphatic carbocycles. The highest BCUT2D eigenvalue weighted by molar-refractivity contribution is 5.50. The van der Waals surface area contributed by atoms with Crippen molar-refractivity contribution in [3.8, 4) is 6.07 Å². The molecule has 1 N–H and O–H groups in total. The Morgan fingerprint density at radius 1 is 1.33 bits per heavy atom. The number of nitrogens with zero attached hydrogens (tertiary/aromatic N) is 3. The minimum absolute atomic E-state index is 0.0614. The molecule has 0 spiro atoms. The first-order valence-electron chi connectivity index (χ1n) is 5.09. The zero-order chi connectivity index (χ0) is 13.0. The van der Waals surface area contributed by atoms with Gasteiger partial charge in [-0.05, 0) is 12.1 Å². The molecule has 0 unspecified atom stereocenters. The summed E-state index contributed by atoms with van der Waals surface area (Å²) >= 11 is 0. The quantitative estimate of drug-likeness (QED) is 0.896. The summed E-state index contributed by atoms with van der Waals surface area (Å²) in [4.78, 5) is 3.77. The lowest BCUT2D eigenvalue weighted by Gasteiger charge is -2.07. The van der Waals surface area contributed by atoms with Gasteiger partial charge < -0.3 is 9.84 Å². The highest BCUT2D eigenvalue weighted by Crippen LogP contribution is 2.20. The molecule has 0 saturated carbocycles. The maximum atomic E-state index is 13.5. The molecule has 0 amide bonds. The maximum Gasteiger partial charge on any atom is 0.213 e. The number of rotatable bonds is 4. The first-order chi connectivity index (χ1) is 8.70. The number of anilines is 1. The molecule has 0 radical (unpaired) electrons. The fraction of sp³-hybridized carbons (Fsp3) is 0.182. The van der Waals surface area contributed by atoms with E-state index in [0.717, 1.165) is 12.1 Å². The second-order valence-electron chi connectivity index (χ2n) is 3.45. The van der Waals surface area contributed by atoms with E-state index in [-0.39, 0.29) is 17.8 Å². The van der Waals surface area contributed by atoms with Crippen molar-refractivity contribution in [3.63, 3.8) is 0 Å². The Morgan fingerprint density at radius 3 is 2.61 bits per heavy atom. The Balaban J connectivity index is 2.03. The van der Waals surface area contributed by atoms with Crippen molar-refractivity contribution < 1.29 is 13.3 Å². The number of halogens is 2. The molecule has 0 aliphatic rings. The number of hydrogen-bond acceptors (Lipinski definition) is 5. The van der Waals surface area contributed by atoms with Gasteiger partial charge in [-0.3, -0.25) is 0 Å². The van der Waals surface area contributed by atoms with Crippen LogP contribution in [0.3, 0.4) is 0 Å². The molecular weight excluding hydrogens is 242 g/mol. The molecule has 2 rings (SSSR count). The third-order valence-corrected chi connectivity index (χ3v) is 2.23. The van der Waals surface area contributed by atoms with Crippen LogP contribution in [0.2, 0.25) is 0 Å². The van der Waals surface area contributed by atoms with Crippen LogP contribution in [0, 0.1) is 23.0 Å². The Labute approximate surface area is 101 Å². The van der Waals surface area contributed by atoms with Gasteiger partial charge in [-0.2, -0.15) is 10.2 Å². The first kappa shape index (κ1) is 12.0. The van der Waals surface area contributed by atoms with Crippen LogP contribution >= 0.6 is 0 Å². The van der Waals surface area contributed by atoms with Gasteiger partial charge in [0.05, 0.1) is 11.6 Å². The summed E-state index contributed by atoms with van der Waals surface area (Å²) in [5.74, 6) is -1.17. The van der Waals surface area contributed by atoms with E-state index in [1.54, 1.807) is 6.07 Å². The summed E-state index contributed by atoms with van der Waals surface area (Å²) in [5.41, 5.74) is -0.328. The highest BCUT2D eigenvalue weighted by atomic mass is 19.1. The number of benzene rings is 1. The standard InChI is InChI=1S/C11H8F2N4O/c12-8-3-7(5-14)4-9(13)11(8)15-2-1-10-16-6-18-17-10/h3-4,6,15H,1-2H2. The summed E-state index contributed by atoms with van der Waals surface area (Å²) in [5, 5.41) is 14.7. The number of nitriles is 1. The molecule has 1 aromatic heterocycles. The van der Waals surface area contributed by atoms with E-state index in [1.807, 2.05) is 0 Å². The van der Waals surface area contributed by atoms with Gasteiger partial charge in [-0.15, -0.1) is 0 Å². The predicted molar refractivity (Wildman–Crippen MR) is 57.6 cm³/mol. The van der Waals surface area contributed by atoms with Crippen molar-refractivity contribution in [2.24, 2.45) is 0 Å². The minimum Gasteiger partial charge on any atom is -0.380 e. The van der Waals surface area contributed by atoms with Gasteiger partial charge in [0.1, 0.15) is 5.69 Å². The molecule has 92 valence electrons. The predicted octanol–water partition coefficient (Wildman–Crippen LogP) is 1.87. The SMILES string of the molecule is N#Cc1cc(F)c(NCCc2ncon2)c(F)c1. The monoisotopic (exact) mass is 250 g/mol. The number of nitrogens with one attached hydrogen (secondary N) is 1. The first-order valence-corrected chi connectivity index (χ1v) is 5.09. The van der Waals surface area contributed by atoms with E-state index in [2.05, 4.69) is 20.0 Å². The molecular formula is C11H8F2N4O. The zero-order valence-electron chi connectivity index (χ0n) is 9.15. The third kappa shape index (κ3) is 2.60. The van der Waals surface area contributed by atoms with Gasteiger partial charge in [-0.25, -0.2) is 8.78 Å². The molecule has 7 heteroatoms. The molecule has 0 fully saturated rings. The van der Waals surface area contributed by atoms with Gasteiger partial charge in [-0.1, -0.05) is 5.16 Å². The normalized spacial score (nSPS) is 10.1. The number of aromatic nitrogens is 2. The van der Waals surface area contributed by atoms with Crippen LogP contribution in [0.4, 0.5) is 14.5 Å². The van der Waals surface area contributed by atoms with Crippen molar-refractivity contribution >= 4 is 5.69 Å². The van der Waals surface area contributed by atoms with Crippen LogP contribution in [0.5, 0.6) is 0 Å². The molecule has 0 atom stereocenters. The van der Waals surface area contributed by atoms with E-state index >= 15 is 0 Å². The lowest BCUT2D eigenvalue weighted by atomic mass is 10.2. The topological polar surface area (TPSA) is 74.7 Å². The lowest BCUT2D eigenvalue weighted by molar-refractivity contribution is 0.410. The van der Waals surface area contributed by atoms with Crippen molar-refractivity contribution in [1.82, 2.24) is 10.1 Å². The third-order valence-electron chi connectivity index (χ3n) is 2.23. The van der Waals surface area contributed by atoms with Crippen LogP contribution in [0.1, 0.15) is 11.4 Å². The molecule has 1 heterocycles. The van der Waals surface area contributed by atoms with Gasteiger partial charge in [0.15, 0.2) is 17.5 Å². The van der Waals surface area contributed by atoms with E-state index in [1.165, 1.54) is 6.39 Å². The summed E-state index contributed by atoms with van der Waals surface area (Å²) in [6.45, 7) is 0.249. The van der Waals surface area contributed by atoms with Gasteiger partial charge in [0.2, 0.25) is 6.39 Å². The fourth-order valence-corrected chi connectivity index (χ4v) is 1.41. The molecule has 0 bridgehead atoms. The second-order valence-corrected chi connectivity index (χ2v) is 3.45. The molecule has 1 aromatic carbocycles. The highest BCUT2D eigenvalue weighted by Gasteiger charge is 2.11. The largest absolute Gasteiger partial charge is 0.380 e. The zero-order valence-corrected chi connectivity index (χ0v) is 9.15. The average molecular weight is 250 g/mol. The number of hydrogen-bond donors (Lipinski definition) is 1. The van der Waals surface area contributed by atoms with Crippen LogP contribution < -0.4 is 5.32 Å². The van der Waals surface area contributed by atoms with E-state index in [0.29, 0.717) is 12.2 Å². The summed E-state index contributed by atoms with van der Waals surface area (Å²) in [7, 11) is 0. The molecule has 0 saturated heterocycles. The van der Waals surface area contributed by atoms with E-state index in [9.17, 15) is 8.78 Å². The van der Waals surface area contributed by atoms with Crippen LogP contribution in [-0.4, -0.2) is 16.7 Å². The van der Waals surface area contributed by atoms with Crippen LogP contribution in [-0.2, 0) is 6.42 Å².